The van der Waals surface area contributed by atoms with Gasteiger partial charge in [0.05, 0.1) is 5.41 Å². The molecule has 3 aliphatic rings. The van der Waals surface area contributed by atoms with Crippen LogP contribution in [0, 0.1) is 0 Å². The topological polar surface area (TPSA) is 0 Å². The van der Waals surface area contributed by atoms with Gasteiger partial charge in [-0.1, -0.05) is 133 Å². The lowest BCUT2D eigenvalue weighted by Gasteiger charge is -2.36. The van der Waals surface area contributed by atoms with Gasteiger partial charge in [-0.05, 0) is 73.8 Å². The fourth-order valence-corrected chi connectivity index (χ4v) is 7.50. The number of benzene rings is 5. The SMILES string of the molecule is Clc1cccc(-c2ccc3c(c2)C2(c4ccccc4-c4ccccc42)c2ccccc2C2C=CC=CC32)c1. The van der Waals surface area contributed by atoms with Gasteiger partial charge < -0.3 is 0 Å². The first-order valence-electron chi connectivity index (χ1n) is 13.3. The van der Waals surface area contributed by atoms with E-state index < -0.39 is 5.41 Å². The van der Waals surface area contributed by atoms with E-state index in [4.69, 9.17) is 11.6 Å². The van der Waals surface area contributed by atoms with E-state index >= 15 is 0 Å². The van der Waals surface area contributed by atoms with E-state index in [1.165, 1.54) is 50.1 Å². The molecular formula is C37H25Cl. The van der Waals surface area contributed by atoms with Gasteiger partial charge >= 0.3 is 0 Å². The molecule has 0 nitrogen and oxygen atoms in total. The van der Waals surface area contributed by atoms with Gasteiger partial charge in [0, 0.05) is 16.9 Å². The summed E-state index contributed by atoms with van der Waals surface area (Å²) in [5.74, 6) is 0.551. The number of halogens is 1. The Balaban J connectivity index is 1.57. The molecule has 180 valence electrons. The normalized spacial score (nSPS) is 19.2. The van der Waals surface area contributed by atoms with E-state index in [9.17, 15) is 0 Å². The standard InChI is InChI=1S/C37H25Cl/c38-26-11-9-10-24(22-26)25-20-21-32-28-13-2-1-12-27(28)29-14-3-6-17-33(29)37(36(32)23-25)34-18-7-4-15-30(34)31-16-5-8-19-35(31)37/h1-23,27-28H. The van der Waals surface area contributed by atoms with E-state index in [1.54, 1.807) is 0 Å². The van der Waals surface area contributed by atoms with Gasteiger partial charge in [0.1, 0.15) is 0 Å². The van der Waals surface area contributed by atoms with Crippen molar-refractivity contribution in [3.8, 4) is 22.3 Å². The maximum Gasteiger partial charge on any atom is 0.0719 e. The maximum atomic E-state index is 6.46. The van der Waals surface area contributed by atoms with Crippen LogP contribution in [0.15, 0.2) is 140 Å². The molecule has 0 heterocycles. The highest BCUT2D eigenvalue weighted by Crippen LogP contribution is 2.61. The molecule has 2 unspecified atom stereocenters. The van der Waals surface area contributed by atoms with Gasteiger partial charge in [0.15, 0.2) is 0 Å². The lowest BCUT2D eigenvalue weighted by Crippen LogP contribution is -2.30. The molecule has 0 saturated carbocycles. The quantitative estimate of drug-likeness (QED) is 0.209. The van der Waals surface area contributed by atoms with Crippen LogP contribution in [0.4, 0.5) is 0 Å². The fourth-order valence-electron chi connectivity index (χ4n) is 7.31. The number of allylic oxidation sites excluding steroid dienone is 4. The molecule has 0 aliphatic heterocycles. The van der Waals surface area contributed by atoms with Gasteiger partial charge in [-0.15, -0.1) is 0 Å². The van der Waals surface area contributed by atoms with Crippen LogP contribution in [-0.2, 0) is 5.41 Å². The summed E-state index contributed by atoms with van der Waals surface area (Å²) < 4.78 is 0. The lowest BCUT2D eigenvalue weighted by molar-refractivity contribution is 0.732. The number of hydrogen-bond donors (Lipinski definition) is 0. The van der Waals surface area contributed by atoms with E-state index in [0.717, 1.165) is 10.6 Å². The molecule has 8 rings (SSSR count). The second-order valence-corrected chi connectivity index (χ2v) is 11.0. The molecule has 0 saturated heterocycles. The molecule has 0 aromatic heterocycles. The molecule has 2 atom stereocenters. The van der Waals surface area contributed by atoms with Crippen molar-refractivity contribution >= 4 is 11.6 Å². The molecule has 0 bridgehead atoms. The third-order valence-corrected chi connectivity index (χ3v) is 9.02. The smallest absolute Gasteiger partial charge is 0.0719 e. The molecule has 0 fully saturated rings. The zero-order valence-electron chi connectivity index (χ0n) is 20.8. The first-order valence-corrected chi connectivity index (χ1v) is 13.7. The van der Waals surface area contributed by atoms with Crippen LogP contribution in [-0.4, -0.2) is 0 Å². The predicted molar refractivity (Wildman–Crippen MR) is 158 cm³/mol. The van der Waals surface area contributed by atoms with Gasteiger partial charge in [-0.2, -0.15) is 0 Å². The minimum absolute atomic E-state index is 0.267. The van der Waals surface area contributed by atoms with Gasteiger partial charge in [0.25, 0.3) is 0 Å². The maximum absolute atomic E-state index is 6.46. The van der Waals surface area contributed by atoms with Gasteiger partial charge in [0.2, 0.25) is 0 Å². The summed E-state index contributed by atoms with van der Waals surface area (Å²) in [5, 5.41) is 0.759. The van der Waals surface area contributed by atoms with Crippen LogP contribution in [0.3, 0.4) is 0 Å². The first-order chi connectivity index (χ1) is 18.8. The van der Waals surface area contributed by atoms with Crippen LogP contribution in [0.5, 0.6) is 0 Å². The van der Waals surface area contributed by atoms with E-state index in [-0.39, 0.29) is 11.8 Å². The van der Waals surface area contributed by atoms with Crippen LogP contribution >= 0.6 is 11.6 Å². The predicted octanol–water partition coefficient (Wildman–Crippen LogP) is 9.68. The Kier molecular flexibility index (Phi) is 4.72. The third-order valence-electron chi connectivity index (χ3n) is 8.79. The average Bonchev–Trinajstić information content (AvgIpc) is 3.22. The highest BCUT2D eigenvalue weighted by atomic mass is 35.5. The Bertz CT molecular complexity index is 1760. The van der Waals surface area contributed by atoms with Crippen molar-refractivity contribution < 1.29 is 0 Å². The summed E-state index contributed by atoms with van der Waals surface area (Å²) in [4.78, 5) is 0. The van der Waals surface area contributed by atoms with Crippen molar-refractivity contribution in [2.75, 3.05) is 0 Å². The summed E-state index contributed by atoms with van der Waals surface area (Å²) in [5.41, 5.74) is 12.9. The zero-order chi connectivity index (χ0) is 25.3. The lowest BCUT2D eigenvalue weighted by atomic mass is 9.65. The Morgan fingerprint density at radius 3 is 1.74 bits per heavy atom. The summed E-state index contributed by atoms with van der Waals surface area (Å²) in [6.07, 6.45) is 9.22. The Labute approximate surface area is 228 Å². The van der Waals surface area contributed by atoms with Gasteiger partial charge in [-0.3, -0.25) is 0 Å². The van der Waals surface area contributed by atoms with Crippen LogP contribution < -0.4 is 0 Å². The van der Waals surface area contributed by atoms with E-state index in [0.29, 0.717) is 0 Å². The molecule has 0 amide bonds. The van der Waals surface area contributed by atoms with Crippen LogP contribution in [0.2, 0.25) is 5.02 Å². The molecular weight excluding hydrogens is 480 g/mol. The third kappa shape index (κ3) is 2.87. The Morgan fingerprint density at radius 1 is 0.474 bits per heavy atom. The second kappa shape index (κ2) is 8.18. The Hall–Kier alpha value is -4.13. The monoisotopic (exact) mass is 504 g/mol. The zero-order valence-corrected chi connectivity index (χ0v) is 21.6. The van der Waals surface area contributed by atoms with Crippen LogP contribution in [0.25, 0.3) is 22.3 Å². The largest absolute Gasteiger partial charge is 0.0843 e. The summed E-state index contributed by atoms with van der Waals surface area (Å²) in [6.45, 7) is 0. The first kappa shape index (κ1) is 21.9. The molecule has 0 N–H and O–H groups in total. The van der Waals surface area contributed by atoms with Crippen molar-refractivity contribution in [2.45, 2.75) is 17.3 Å². The molecule has 5 aromatic rings. The van der Waals surface area contributed by atoms with Crippen molar-refractivity contribution in [3.63, 3.8) is 0 Å². The van der Waals surface area contributed by atoms with Crippen molar-refractivity contribution in [1.29, 1.82) is 0 Å². The fraction of sp³-hybridized carbons (Fsp3) is 0.0811. The number of hydrogen-bond acceptors (Lipinski definition) is 0. The average molecular weight is 505 g/mol. The molecule has 0 radical (unpaired) electrons. The van der Waals surface area contributed by atoms with Gasteiger partial charge in [-0.25, -0.2) is 0 Å². The summed E-state index contributed by atoms with van der Waals surface area (Å²) >= 11 is 6.46. The Morgan fingerprint density at radius 2 is 1.05 bits per heavy atom. The molecule has 38 heavy (non-hydrogen) atoms. The highest BCUT2D eigenvalue weighted by Gasteiger charge is 2.51. The molecule has 1 spiro atoms. The van der Waals surface area contributed by atoms with E-state index in [1.807, 2.05) is 12.1 Å². The molecule has 1 heteroatoms. The van der Waals surface area contributed by atoms with Crippen molar-refractivity contribution in [1.82, 2.24) is 0 Å². The minimum Gasteiger partial charge on any atom is -0.0843 e. The van der Waals surface area contributed by atoms with Crippen LogP contribution in [0.1, 0.15) is 45.2 Å². The second-order valence-electron chi connectivity index (χ2n) is 10.6. The summed E-state index contributed by atoms with van der Waals surface area (Å²) in [7, 11) is 0. The minimum atomic E-state index is -0.410. The summed E-state index contributed by atoms with van der Waals surface area (Å²) in [6, 6.07) is 42.5. The number of rotatable bonds is 1. The number of fused-ring (bicyclic) bond motifs is 12. The van der Waals surface area contributed by atoms with Crippen molar-refractivity contribution in [2.24, 2.45) is 0 Å². The molecule has 5 aromatic carbocycles. The van der Waals surface area contributed by atoms with Crippen molar-refractivity contribution in [3.05, 3.63) is 178 Å². The van der Waals surface area contributed by atoms with E-state index in [2.05, 4.69) is 127 Å². The molecule has 3 aliphatic carbocycles. The highest BCUT2D eigenvalue weighted by molar-refractivity contribution is 6.30.